The van der Waals surface area contributed by atoms with Gasteiger partial charge in [-0.05, 0) is 68.2 Å². The van der Waals surface area contributed by atoms with Crippen molar-refractivity contribution in [1.82, 2.24) is 9.47 Å². The molecular weight excluding hydrogens is 614 g/mol. The summed E-state index contributed by atoms with van der Waals surface area (Å²) in [4.78, 5) is 46.8. The molecule has 1 amide bonds. The summed E-state index contributed by atoms with van der Waals surface area (Å²) in [6.45, 7) is 4.99. The summed E-state index contributed by atoms with van der Waals surface area (Å²) in [6.07, 6.45) is 3.73. The van der Waals surface area contributed by atoms with Crippen LogP contribution in [0.4, 0.5) is 0 Å². The van der Waals surface area contributed by atoms with Crippen molar-refractivity contribution >= 4 is 29.3 Å². The SMILES string of the molecule is CCOC(=O)C1=C(C)N=c2s/c(=C/c3ccc(OCC(=O)N4CCCC4)c(OC)c3)c(=O)n2[C@H]1c1cc(OC)c(OC)c(OC)c1. The highest BCUT2D eigenvalue weighted by Crippen LogP contribution is 2.42. The summed E-state index contributed by atoms with van der Waals surface area (Å²) in [7, 11) is 6.00. The predicted octanol–water partition coefficient (Wildman–Crippen LogP) is 2.83. The molecule has 0 spiro atoms. The molecule has 0 saturated carbocycles. The summed E-state index contributed by atoms with van der Waals surface area (Å²) < 4.78 is 35.3. The Morgan fingerprint density at radius 1 is 0.957 bits per heavy atom. The number of amides is 1. The van der Waals surface area contributed by atoms with Gasteiger partial charge in [-0.25, -0.2) is 9.79 Å². The zero-order valence-corrected chi connectivity index (χ0v) is 27.5. The lowest BCUT2D eigenvalue weighted by Gasteiger charge is -2.26. The smallest absolute Gasteiger partial charge is 0.338 e. The molecule has 1 fully saturated rings. The molecule has 0 N–H and O–H groups in total. The third kappa shape index (κ3) is 6.32. The highest BCUT2D eigenvalue weighted by Gasteiger charge is 2.34. The van der Waals surface area contributed by atoms with E-state index >= 15 is 0 Å². The fourth-order valence-electron chi connectivity index (χ4n) is 5.61. The number of allylic oxidation sites excluding steroid dienone is 1. The molecule has 1 atom stereocenters. The molecule has 46 heavy (non-hydrogen) atoms. The van der Waals surface area contributed by atoms with Crippen molar-refractivity contribution in [3.8, 4) is 28.7 Å². The fraction of sp³-hybridized carbons (Fsp3) is 0.394. The van der Waals surface area contributed by atoms with Crippen LogP contribution in [0.5, 0.6) is 28.7 Å². The van der Waals surface area contributed by atoms with Crippen LogP contribution in [0.2, 0.25) is 0 Å². The summed E-state index contributed by atoms with van der Waals surface area (Å²) in [6, 6.07) is 7.76. The maximum atomic E-state index is 14.1. The minimum absolute atomic E-state index is 0.0659. The van der Waals surface area contributed by atoms with Crippen molar-refractivity contribution < 1.29 is 38.0 Å². The number of ether oxygens (including phenoxy) is 6. The molecule has 0 radical (unpaired) electrons. The van der Waals surface area contributed by atoms with E-state index in [4.69, 9.17) is 28.4 Å². The van der Waals surface area contributed by atoms with Crippen LogP contribution in [-0.2, 0) is 14.3 Å². The van der Waals surface area contributed by atoms with E-state index in [1.54, 1.807) is 55.2 Å². The number of benzene rings is 2. The first kappa shape index (κ1) is 32.6. The van der Waals surface area contributed by atoms with Crippen molar-refractivity contribution in [2.45, 2.75) is 32.7 Å². The summed E-state index contributed by atoms with van der Waals surface area (Å²) >= 11 is 1.19. The first-order valence-corrected chi connectivity index (χ1v) is 15.6. The molecule has 12 nitrogen and oxygen atoms in total. The second-order valence-electron chi connectivity index (χ2n) is 10.5. The van der Waals surface area contributed by atoms with E-state index in [-0.39, 0.29) is 30.3 Å². The Morgan fingerprint density at radius 3 is 2.24 bits per heavy atom. The van der Waals surface area contributed by atoms with Crippen molar-refractivity contribution in [3.05, 3.63) is 72.4 Å². The minimum Gasteiger partial charge on any atom is -0.493 e. The van der Waals surface area contributed by atoms with Crippen molar-refractivity contribution in [3.63, 3.8) is 0 Å². The van der Waals surface area contributed by atoms with Gasteiger partial charge in [-0.3, -0.25) is 14.2 Å². The molecule has 0 aliphatic carbocycles. The van der Waals surface area contributed by atoms with Crippen LogP contribution in [0.3, 0.4) is 0 Å². The lowest BCUT2D eigenvalue weighted by molar-refractivity contribution is -0.139. The molecular formula is C33H37N3O9S. The van der Waals surface area contributed by atoms with E-state index in [9.17, 15) is 14.4 Å². The van der Waals surface area contributed by atoms with E-state index in [1.165, 1.54) is 44.3 Å². The Bertz CT molecular complexity index is 1830. The first-order chi connectivity index (χ1) is 22.2. The number of esters is 1. The average Bonchev–Trinajstić information content (AvgIpc) is 3.71. The van der Waals surface area contributed by atoms with Crippen molar-refractivity contribution in [2.24, 2.45) is 4.99 Å². The van der Waals surface area contributed by atoms with Gasteiger partial charge in [-0.1, -0.05) is 17.4 Å². The normalized spacial score (nSPS) is 16.1. The molecule has 3 aromatic rings. The van der Waals surface area contributed by atoms with Crippen LogP contribution in [0.1, 0.15) is 43.9 Å². The molecule has 2 aliphatic heterocycles. The number of hydrogen-bond donors (Lipinski definition) is 0. The third-order valence-electron chi connectivity index (χ3n) is 7.82. The van der Waals surface area contributed by atoms with Crippen molar-refractivity contribution in [1.29, 1.82) is 0 Å². The number of fused-ring (bicyclic) bond motifs is 1. The highest BCUT2D eigenvalue weighted by atomic mass is 32.1. The molecule has 2 aliphatic rings. The number of hydrogen-bond acceptors (Lipinski definition) is 11. The van der Waals surface area contributed by atoms with Crippen LogP contribution in [-0.4, -0.2) is 76.1 Å². The van der Waals surface area contributed by atoms with Gasteiger partial charge in [-0.15, -0.1) is 0 Å². The lowest BCUT2D eigenvalue weighted by Crippen LogP contribution is -2.40. The first-order valence-electron chi connectivity index (χ1n) is 14.8. The highest BCUT2D eigenvalue weighted by molar-refractivity contribution is 7.07. The van der Waals surface area contributed by atoms with Gasteiger partial charge >= 0.3 is 5.97 Å². The van der Waals surface area contributed by atoms with Crippen LogP contribution >= 0.6 is 11.3 Å². The van der Waals surface area contributed by atoms with Gasteiger partial charge in [0.05, 0.1) is 56.9 Å². The zero-order valence-electron chi connectivity index (χ0n) is 26.7. The Kier molecular flexibility index (Phi) is 10.0. The second kappa shape index (κ2) is 14.1. The number of carbonyl (C=O) groups is 2. The van der Waals surface area contributed by atoms with Gasteiger partial charge in [0.2, 0.25) is 5.75 Å². The number of thiazole rings is 1. The quantitative estimate of drug-likeness (QED) is 0.288. The standard InChI is InChI=1S/C33H37N3O9S/c1-7-44-32(39)28-19(2)34-33-36(29(28)21-16-24(41-4)30(43-6)25(17-21)42-5)31(38)26(46-33)15-20-10-11-22(23(14-20)40-3)45-18-27(37)35-12-8-9-13-35/h10-11,14-17,29H,7-9,12-13,18H2,1-6H3/b26-15+/t29-/m0/s1. The van der Waals surface area contributed by atoms with Gasteiger partial charge in [0.1, 0.15) is 0 Å². The molecule has 1 saturated heterocycles. The summed E-state index contributed by atoms with van der Waals surface area (Å²) in [5.74, 6) is 1.31. The maximum Gasteiger partial charge on any atom is 0.338 e. The Labute approximate surface area is 270 Å². The van der Waals surface area contributed by atoms with Gasteiger partial charge in [0.25, 0.3) is 11.5 Å². The van der Waals surface area contributed by atoms with E-state index in [0.29, 0.717) is 54.9 Å². The van der Waals surface area contributed by atoms with Gasteiger partial charge in [0, 0.05) is 13.1 Å². The molecule has 5 rings (SSSR count). The zero-order chi connectivity index (χ0) is 33.0. The van der Waals surface area contributed by atoms with Gasteiger partial charge < -0.3 is 33.3 Å². The Morgan fingerprint density at radius 2 is 1.63 bits per heavy atom. The second-order valence-corrected chi connectivity index (χ2v) is 11.6. The van der Waals surface area contributed by atoms with Crippen LogP contribution in [0.15, 0.2) is 51.4 Å². The van der Waals surface area contributed by atoms with Crippen LogP contribution in [0, 0.1) is 0 Å². The van der Waals surface area contributed by atoms with E-state index < -0.39 is 12.0 Å². The number of methoxy groups -OCH3 is 4. The van der Waals surface area contributed by atoms with E-state index in [2.05, 4.69) is 4.99 Å². The molecule has 2 aromatic carbocycles. The lowest BCUT2D eigenvalue weighted by atomic mass is 9.95. The Hall–Kier alpha value is -4.78. The van der Waals surface area contributed by atoms with Crippen LogP contribution in [0.25, 0.3) is 6.08 Å². The van der Waals surface area contributed by atoms with E-state index in [0.717, 1.165) is 25.9 Å². The maximum absolute atomic E-state index is 14.1. The number of nitrogens with zero attached hydrogens (tertiary/aromatic N) is 3. The van der Waals surface area contributed by atoms with Gasteiger partial charge in [0.15, 0.2) is 34.4 Å². The fourth-order valence-corrected chi connectivity index (χ4v) is 6.65. The molecule has 0 unspecified atom stereocenters. The molecule has 3 heterocycles. The largest absolute Gasteiger partial charge is 0.493 e. The van der Waals surface area contributed by atoms with Gasteiger partial charge in [-0.2, -0.15) is 0 Å². The summed E-state index contributed by atoms with van der Waals surface area (Å²) in [5, 5.41) is 0. The minimum atomic E-state index is -0.885. The third-order valence-corrected chi connectivity index (χ3v) is 8.80. The number of carbonyl (C=O) groups excluding carboxylic acids is 2. The van der Waals surface area contributed by atoms with Crippen molar-refractivity contribution in [2.75, 3.05) is 54.7 Å². The molecule has 1 aromatic heterocycles. The molecule has 244 valence electrons. The number of aromatic nitrogens is 1. The summed E-state index contributed by atoms with van der Waals surface area (Å²) in [5.41, 5.74) is 1.52. The number of rotatable bonds is 11. The molecule has 0 bridgehead atoms. The Balaban J connectivity index is 1.58. The van der Waals surface area contributed by atoms with E-state index in [1.807, 2.05) is 0 Å². The number of likely N-dealkylation sites (tertiary alicyclic amines) is 1. The predicted molar refractivity (Wildman–Crippen MR) is 171 cm³/mol. The topological polar surface area (TPSA) is 127 Å². The molecule has 13 heteroatoms. The average molecular weight is 652 g/mol. The monoisotopic (exact) mass is 651 g/mol. The van der Waals surface area contributed by atoms with Crippen LogP contribution < -0.4 is 38.6 Å².